The summed E-state index contributed by atoms with van der Waals surface area (Å²) in [6.07, 6.45) is 0. The van der Waals surface area contributed by atoms with Gasteiger partial charge in [-0.15, -0.1) is 0 Å². The van der Waals surface area contributed by atoms with Gasteiger partial charge in [-0.25, -0.2) is 0 Å². The average Bonchev–Trinajstić information content (AvgIpc) is 1.94. The van der Waals surface area contributed by atoms with Crippen molar-refractivity contribution < 1.29 is 4.79 Å². The molecule has 3 nitrogen and oxygen atoms in total. The molecule has 1 rings (SSSR count). The Morgan fingerprint density at radius 2 is 2.00 bits per heavy atom. The summed E-state index contributed by atoms with van der Waals surface area (Å²) < 4.78 is 0. The smallest absolute Gasteiger partial charge is 0.234 e. The third-order valence-electron chi connectivity index (χ3n) is 0.910. The Balaban J connectivity index is 0.000000291. The third-order valence-corrected chi connectivity index (χ3v) is 0.910. The van der Waals surface area contributed by atoms with Crippen LogP contribution in [0.1, 0.15) is 13.8 Å². The number of carbonyl (C=O) groups excluding carboxylic acids is 1. The van der Waals surface area contributed by atoms with Gasteiger partial charge >= 0.3 is 0 Å². The highest BCUT2D eigenvalue weighted by Gasteiger charge is 2.02. The van der Waals surface area contributed by atoms with Crippen LogP contribution in [0, 0.1) is 0 Å². The molecule has 1 fully saturated rings. The Kier molecular flexibility index (Phi) is 5.21. The first kappa shape index (κ1) is 8.43. The van der Waals surface area contributed by atoms with Crippen LogP contribution in [-0.4, -0.2) is 25.5 Å². The normalized spacial score (nSPS) is 17.3. The van der Waals surface area contributed by atoms with Gasteiger partial charge in [-0.1, -0.05) is 13.8 Å². The van der Waals surface area contributed by atoms with Gasteiger partial charge in [0.1, 0.15) is 0 Å². The monoisotopic (exact) mass is 130 g/mol. The van der Waals surface area contributed by atoms with Crippen molar-refractivity contribution in [3.8, 4) is 0 Å². The molecule has 0 saturated carbocycles. The van der Waals surface area contributed by atoms with Crippen LogP contribution in [0.15, 0.2) is 0 Å². The molecular weight excluding hydrogens is 116 g/mol. The maximum Gasteiger partial charge on any atom is 0.234 e. The lowest BCUT2D eigenvalue weighted by Crippen LogP contribution is -2.44. The Hall–Kier alpha value is -0.570. The van der Waals surface area contributed by atoms with Crippen molar-refractivity contribution in [2.24, 2.45) is 0 Å². The van der Waals surface area contributed by atoms with E-state index in [1.54, 1.807) is 0 Å². The lowest BCUT2D eigenvalue weighted by atomic mass is 10.4. The number of hydrogen-bond acceptors (Lipinski definition) is 2. The maximum absolute atomic E-state index is 10.3. The highest BCUT2D eigenvalue weighted by molar-refractivity contribution is 5.78. The zero-order valence-electron chi connectivity index (χ0n) is 6.03. The summed E-state index contributed by atoms with van der Waals surface area (Å²) in [5, 5.41) is 5.60. The molecule has 1 amide bonds. The molecule has 0 atom stereocenters. The van der Waals surface area contributed by atoms with Gasteiger partial charge in [0.15, 0.2) is 0 Å². The van der Waals surface area contributed by atoms with Crippen LogP contribution < -0.4 is 10.6 Å². The van der Waals surface area contributed by atoms with E-state index in [1.807, 2.05) is 13.8 Å². The average molecular weight is 130 g/mol. The predicted octanol–water partition coefficient (Wildman–Crippen LogP) is -0.268. The second kappa shape index (κ2) is 5.56. The van der Waals surface area contributed by atoms with Gasteiger partial charge in [-0.2, -0.15) is 0 Å². The third kappa shape index (κ3) is 3.97. The molecule has 0 spiro atoms. The van der Waals surface area contributed by atoms with Gasteiger partial charge in [-0.05, 0) is 0 Å². The van der Waals surface area contributed by atoms with Gasteiger partial charge in [0.2, 0.25) is 5.91 Å². The van der Waals surface area contributed by atoms with Gasteiger partial charge < -0.3 is 10.6 Å². The molecule has 1 heterocycles. The standard InChI is InChI=1S/C4H8N2O.C2H6/c7-4-3-5-1-2-6-4;1-2/h5H,1-3H2,(H,6,7);1-2H3. The summed E-state index contributed by atoms with van der Waals surface area (Å²) in [5.41, 5.74) is 0. The summed E-state index contributed by atoms with van der Waals surface area (Å²) in [4.78, 5) is 10.3. The van der Waals surface area contributed by atoms with Crippen molar-refractivity contribution in [2.75, 3.05) is 19.6 Å². The summed E-state index contributed by atoms with van der Waals surface area (Å²) in [6.45, 7) is 6.17. The summed E-state index contributed by atoms with van der Waals surface area (Å²) in [5.74, 6) is 0.103. The molecule has 2 N–H and O–H groups in total. The van der Waals surface area contributed by atoms with Crippen LogP contribution in [0.2, 0.25) is 0 Å². The lowest BCUT2D eigenvalue weighted by Gasteiger charge is -2.11. The number of rotatable bonds is 0. The van der Waals surface area contributed by atoms with Crippen LogP contribution in [0.3, 0.4) is 0 Å². The van der Waals surface area contributed by atoms with Crippen molar-refractivity contribution in [3.63, 3.8) is 0 Å². The van der Waals surface area contributed by atoms with Crippen molar-refractivity contribution in [1.82, 2.24) is 10.6 Å². The van der Waals surface area contributed by atoms with Crippen molar-refractivity contribution in [2.45, 2.75) is 13.8 Å². The van der Waals surface area contributed by atoms with Gasteiger partial charge in [0.25, 0.3) is 0 Å². The molecule has 0 aromatic rings. The van der Waals surface area contributed by atoms with Crippen LogP contribution >= 0.6 is 0 Å². The van der Waals surface area contributed by atoms with E-state index in [4.69, 9.17) is 0 Å². The fourth-order valence-corrected chi connectivity index (χ4v) is 0.555. The molecule has 0 radical (unpaired) electrons. The molecule has 0 unspecified atom stereocenters. The number of carbonyl (C=O) groups is 1. The van der Waals surface area contributed by atoms with Crippen LogP contribution in [0.25, 0.3) is 0 Å². The van der Waals surface area contributed by atoms with E-state index in [2.05, 4.69) is 10.6 Å². The fourth-order valence-electron chi connectivity index (χ4n) is 0.555. The minimum absolute atomic E-state index is 0.103. The first-order valence-corrected chi connectivity index (χ1v) is 3.37. The molecular formula is C6H14N2O. The maximum atomic E-state index is 10.3. The highest BCUT2D eigenvalue weighted by Crippen LogP contribution is 1.69. The minimum Gasteiger partial charge on any atom is -0.354 e. The van der Waals surface area contributed by atoms with Crippen molar-refractivity contribution >= 4 is 5.91 Å². The summed E-state index contributed by atoms with van der Waals surface area (Å²) >= 11 is 0. The Bertz CT molecular complexity index is 75.1. The van der Waals surface area contributed by atoms with E-state index in [-0.39, 0.29) is 5.91 Å². The first-order chi connectivity index (χ1) is 4.39. The quantitative estimate of drug-likeness (QED) is 0.474. The summed E-state index contributed by atoms with van der Waals surface area (Å²) in [6, 6.07) is 0. The zero-order chi connectivity index (χ0) is 7.11. The molecule has 0 aliphatic carbocycles. The molecule has 0 bridgehead atoms. The first-order valence-electron chi connectivity index (χ1n) is 3.37. The highest BCUT2D eigenvalue weighted by atomic mass is 16.2. The topological polar surface area (TPSA) is 41.1 Å². The second-order valence-electron chi connectivity index (χ2n) is 1.53. The zero-order valence-corrected chi connectivity index (χ0v) is 6.03. The van der Waals surface area contributed by atoms with Crippen LogP contribution in [0.4, 0.5) is 0 Å². The minimum atomic E-state index is 0.103. The molecule has 1 saturated heterocycles. The molecule has 9 heavy (non-hydrogen) atoms. The summed E-state index contributed by atoms with van der Waals surface area (Å²) in [7, 11) is 0. The van der Waals surface area contributed by atoms with Gasteiger partial charge in [0, 0.05) is 13.1 Å². The molecule has 1 aliphatic heterocycles. The molecule has 1 aliphatic rings. The van der Waals surface area contributed by atoms with E-state index in [1.165, 1.54) is 0 Å². The number of amides is 1. The van der Waals surface area contributed by atoms with Crippen LogP contribution in [-0.2, 0) is 4.79 Å². The largest absolute Gasteiger partial charge is 0.354 e. The Labute approximate surface area is 55.8 Å². The molecule has 54 valence electrons. The molecule has 0 aromatic carbocycles. The number of nitrogens with one attached hydrogen (secondary N) is 2. The molecule has 3 heteroatoms. The Morgan fingerprint density at radius 3 is 2.22 bits per heavy atom. The van der Waals surface area contributed by atoms with Crippen molar-refractivity contribution in [1.29, 1.82) is 0 Å². The fraction of sp³-hybridized carbons (Fsp3) is 0.833. The Morgan fingerprint density at radius 1 is 1.33 bits per heavy atom. The number of hydrogen-bond donors (Lipinski definition) is 2. The van der Waals surface area contributed by atoms with E-state index in [0.717, 1.165) is 13.1 Å². The SMILES string of the molecule is CC.O=C1CNCCN1. The predicted molar refractivity (Wildman–Crippen MR) is 37.2 cm³/mol. The number of piperazine rings is 1. The van der Waals surface area contributed by atoms with E-state index < -0.39 is 0 Å². The van der Waals surface area contributed by atoms with Crippen molar-refractivity contribution in [3.05, 3.63) is 0 Å². The van der Waals surface area contributed by atoms with Crippen LogP contribution in [0.5, 0.6) is 0 Å². The lowest BCUT2D eigenvalue weighted by molar-refractivity contribution is -0.121. The van der Waals surface area contributed by atoms with E-state index in [9.17, 15) is 4.79 Å². The van der Waals surface area contributed by atoms with Gasteiger partial charge in [-0.3, -0.25) is 4.79 Å². The second-order valence-corrected chi connectivity index (χ2v) is 1.53. The van der Waals surface area contributed by atoms with E-state index >= 15 is 0 Å². The van der Waals surface area contributed by atoms with E-state index in [0.29, 0.717) is 6.54 Å². The van der Waals surface area contributed by atoms with Gasteiger partial charge in [0.05, 0.1) is 6.54 Å². The molecule has 0 aromatic heterocycles.